The van der Waals surface area contributed by atoms with Crippen molar-refractivity contribution in [3.63, 3.8) is 0 Å². The van der Waals surface area contributed by atoms with Gasteiger partial charge < -0.3 is 20.3 Å². The topological polar surface area (TPSA) is 84.6 Å². The highest BCUT2D eigenvalue weighted by atomic mass is 16.5. The van der Waals surface area contributed by atoms with Gasteiger partial charge in [0.05, 0.1) is 13.0 Å². The Morgan fingerprint density at radius 3 is 2.83 bits per heavy atom. The van der Waals surface area contributed by atoms with Crippen LogP contribution in [-0.2, 0) is 16.0 Å². The first-order chi connectivity index (χ1) is 14.1. The number of ether oxygens (including phenoxy) is 1. The summed E-state index contributed by atoms with van der Waals surface area (Å²) in [7, 11) is 1.64. The molecule has 2 atom stereocenters. The summed E-state index contributed by atoms with van der Waals surface area (Å²) in [5, 5.41) is 0. The smallest absolute Gasteiger partial charge is 0.227 e. The van der Waals surface area contributed by atoms with Crippen molar-refractivity contribution in [2.45, 2.75) is 19.3 Å². The Morgan fingerprint density at radius 2 is 2.07 bits per heavy atom. The van der Waals surface area contributed by atoms with Gasteiger partial charge >= 0.3 is 0 Å². The number of hydrogen-bond acceptors (Lipinski definition) is 6. The van der Waals surface area contributed by atoms with E-state index in [0.717, 1.165) is 39.0 Å². The molecule has 1 amide bonds. The van der Waals surface area contributed by atoms with Crippen LogP contribution in [0.3, 0.4) is 0 Å². The highest BCUT2D eigenvalue weighted by Gasteiger charge is 2.53. The maximum absolute atomic E-state index is 12.6. The number of amides is 1. The molecule has 2 aliphatic rings. The quantitative estimate of drug-likeness (QED) is 0.772. The molecule has 0 saturated carbocycles. The average molecular weight is 396 g/mol. The van der Waals surface area contributed by atoms with Crippen molar-refractivity contribution in [3.05, 3.63) is 48.2 Å². The molecule has 3 heterocycles. The standard InChI is InChI=1S/C22H29N5O2/c1-29-12-9-20(28)26-13-18-14-27(21-24-11-8-19(23)25-21)16-22(18,15-26)10-7-17-5-3-2-4-6-17/h2-6,8,11,18H,7,9-10,12-16H2,1H3,(H2,23,24,25)/t18-,22+/m1/s1. The first kappa shape index (κ1) is 19.6. The number of methoxy groups -OCH3 is 1. The zero-order chi connectivity index (χ0) is 20.3. The number of hydrogen-bond donors (Lipinski definition) is 1. The maximum atomic E-state index is 12.6. The number of benzene rings is 1. The van der Waals surface area contributed by atoms with Crippen LogP contribution >= 0.6 is 0 Å². The lowest BCUT2D eigenvalue weighted by Gasteiger charge is -2.29. The number of nitrogens with two attached hydrogens (primary N) is 1. The molecule has 7 nitrogen and oxygen atoms in total. The first-order valence-electron chi connectivity index (χ1n) is 10.2. The molecule has 4 rings (SSSR count). The number of nitrogens with zero attached hydrogens (tertiary/aromatic N) is 4. The molecule has 2 aromatic rings. The Labute approximate surface area is 171 Å². The minimum Gasteiger partial charge on any atom is -0.384 e. The van der Waals surface area contributed by atoms with Crippen molar-refractivity contribution in [1.29, 1.82) is 0 Å². The summed E-state index contributed by atoms with van der Waals surface area (Å²) in [5.41, 5.74) is 7.26. The summed E-state index contributed by atoms with van der Waals surface area (Å²) in [4.78, 5) is 25.8. The second-order valence-electron chi connectivity index (χ2n) is 8.22. The molecule has 0 spiro atoms. The van der Waals surface area contributed by atoms with Gasteiger partial charge in [-0.15, -0.1) is 0 Å². The number of likely N-dealkylation sites (tertiary alicyclic amines) is 1. The Hall–Kier alpha value is -2.67. The third kappa shape index (κ3) is 4.19. The molecule has 0 unspecified atom stereocenters. The van der Waals surface area contributed by atoms with Crippen LogP contribution in [0.2, 0.25) is 0 Å². The molecule has 0 bridgehead atoms. The van der Waals surface area contributed by atoms with Crippen molar-refractivity contribution in [3.8, 4) is 0 Å². The summed E-state index contributed by atoms with van der Waals surface area (Å²) >= 11 is 0. The normalized spacial score (nSPS) is 23.4. The van der Waals surface area contributed by atoms with Gasteiger partial charge in [0, 0.05) is 50.8 Å². The van der Waals surface area contributed by atoms with E-state index in [-0.39, 0.29) is 11.3 Å². The molecule has 0 aliphatic carbocycles. The van der Waals surface area contributed by atoms with E-state index >= 15 is 0 Å². The minimum atomic E-state index is 0.0482. The molecule has 2 saturated heterocycles. The van der Waals surface area contributed by atoms with E-state index in [1.807, 2.05) is 11.0 Å². The highest BCUT2D eigenvalue weighted by Crippen LogP contribution is 2.46. The third-order valence-electron chi connectivity index (χ3n) is 6.33. The monoisotopic (exact) mass is 395 g/mol. The summed E-state index contributed by atoms with van der Waals surface area (Å²) in [5.74, 6) is 1.77. The molecule has 2 fully saturated rings. The number of aryl methyl sites for hydroxylation is 1. The van der Waals surface area contributed by atoms with Crippen LogP contribution in [0.5, 0.6) is 0 Å². The summed E-state index contributed by atoms with van der Waals surface area (Å²) in [6, 6.07) is 12.3. The average Bonchev–Trinajstić information content (AvgIpc) is 3.26. The van der Waals surface area contributed by atoms with Crippen molar-refractivity contribution < 1.29 is 9.53 Å². The summed E-state index contributed by atoms with van der Waals surface area (Å²) in [6.45, 7) is 3.75. The lowest BCUT2D eigenvalue weighted by atomic mass is 9.76. The van der Waals surface area contributed by atoms with Crippen molar-refractivity contribution in [2.24, 2.45) is 11.3 Å². The third-order valence-corrected chi connectivity index (χ3v) is 6.33. The van der Waals surface area contributed by atoms with Crippen molar-refractivity contribution in [1.82, 2.24) is 14.9 Å². The van der Waals surface area contributed by atoms with Crippen molar-refractivity contribution >= 4 is 17.7 Å². The van der Waals surface area contributed by atoms with Crippen molar-refractivity contribution in [2.75, 3.05) is 50.5 Å². The van der Waals surface area contributed by atoms with Crippen LogP contribution in [0, 0.1) is 11.3 Å². The molecular weight excluding hydrogens is 366 g/mol. The number of carbonyl (C=O) groups is 1. The van der Waals surface area contributed by atoms with Crippen LogP contribution in [0.4, 0.5) is 11.8 Å². The van der Waals surface area contributed by atoms with Gasteiger partial charge in [-0.1, -0.05) is 30.3 Å². The van der Waals surface area contributed by atoms with Gasteiger partial charge in [-0.2, -0.15) is 4.98 Å². The maximum Gasteiger partial charge on any atom is 0.227 e. The molecule has 29 heavy (non-hydrogen) atoms. The number of rotatable bonds is 7. The van der Waals surface area contributed by atoms with Gasteiger partial charge in [-0.05, 0) is 24.5 Å². The van der Waals surface area contributed by atoms with E-state index in [9.17, 15) is 4.79 Å². The fraction of sp³-hybridized carbons (Fsp3) is 0.500. The molecule has 0 radical (unpaired) electrons. The molecule has 154 valence electrons. The minimum absolute atomic E-state index is 0.0482. The fourth-order valence-corrected chi connectivity index (χ4v) is 4.78. The van der Waals surface area contributed by atoms with Gasteiger partial charge in [0.25, 0.3) is 0 Å². The Kier molecular flexibility index (Phi) is 5.67. The van der Waals surface area contributed by atoms with Gasteiger partial charge in [0.2, 0.25) is 11.9 Å². The van der Waals surface area contributed by atoms with E-state index in [1.165, 1.54) is 5.56 Å². The number of nitrogen functional groups attached to an aromatic ring is 1. The van der Waals surface area contributed by atoms with Gasteiger partial charge in [0.1, 0.15) is 5.82 Å². The van der Waals surface area contributed by atoms with Gasteiger partial charge in [-0.3, -0.25) is 4.79 Å². The highest BCUT2D eigenvalue weighted by molar-refractivity contribution is 5.77. The molecule has 1 aromatic heterocycles. The van der Waals surface area contributed by atoms with Gasteiger partial charge in [-0.25, -0.2) is 4.98 Å². The second kappa shape index (κ2) is 8.37. The van der Waals surface area contributed by atoms with E-state index in [0.29, 0.717) is 30.7 Å². The van der Waals surface area contributed by atoms with Crippen LogP contribution < -0.4 is 10.6 Å². The molecule has 1 aromatic carbocycles. The fourth-order valence-electron chi connectivity index (χ4n) is 4.78. The van der Waals surface area contributed by atoms with E-state index in [2.05, 4.69) is 39.1 Å². The SMILES string of the molecule is COCCC(=O)N1C[C@@H]2CN(c3nccc(N)n3)C[C@]2(CCc2ccccc2)C1. The first-order valence-corrected chi connectivity index (χ1v) is 10.2. The number of carbonyl (C=O) groups excluding carboxylic acids is 1. The zero-order valence-corrected chi connectivity index (χ0v) is 17.0. The Balaban J connectivity index is 1.52. The van der Waals surface area contributed by atoms with Gasteiger partial charge in [0.15, 0.2) is 0 Å². The predicted octanol–water partition coefficient (Wildman–Crippen LogP) is 1.99. The van der Waals surface area contributed by atoms with E-state index in [1.54, 1.807) is 19.4 Å². The van der Waals surface area contributed by atoms with Crippen LogP contribution in [0.1, 0.15) is 18.4 Å². The Bertz CT molecular complexity index is 846. The number of fused-ring (bicyclic) bond motifs is 1. The van der Waals surface area contributed by atoms with Crippen LogP contribution in [0.25, 0.3) is 0 Å². The summed E-state index contributed by atoms with van der Waals surface area (Å²) < 4.78 is 5.10. The van der Waals surface area contributed by atoms with Crippen LogP contribution in [0.15, 0.2) is 42.6 Å². The lowest BCUT2D eigenvalue weighted by molar-refractivity contribution is -0.131. The largest absolute Gasteiger partial charge is 0.384 e. The molecule has 2 aliphatic heterocycles. The molecule has 7 heteroatoms. The molecule has 2 N–H and O–H groups in total. The van der Waals surface area contributed by atoms with E-state index in [4.69, 9.17) is 10.5 Å². The van der Waals surface area contributed by atoms with E-state index < -0.39 is 0 Å². The lowest BCUT2D eigenvalue weighted by Crippen LogP contribution is -2.38. The number of aromatic nitrogens is 2. The number of anilines is 2. The summed E-state index contributed by atoms with van der Waals surface area (Å²) in [6.07, 6.45) is 4.20. The Morgan fingerprint density at radius 1 is 1.24 bits per heavy atom. The molecular formula is C22H29N5O2. The predicted molar refractivity (Wildman–Crippen MR) is 112 cm³/mol. The zero-order valence-electron chi connectivity index (χ0n) is 17.0. The van der Waals surface area contributed by atoms with Crippen LogP contribution in [-0.4, -0.2) is 60.7 Å². The second-order valence-corrected chi connectivity index (χ2v) is 8.22.